The van der Waals surface area contributed by atoms with Gasteiger partial charge in [0.15, 0.2) is 6.29 Å². The summed E-state index contributed by atoms with van der Waals surface area (Å²) in [6.45, 7) is 9.64. The molecule has 0 aromatic heterocycles. The lowest BCUT2D eigenvalue weighted by molar-refractivity contribution is -0.230. The Morgan fingerprint density at radius 2 is 1.31 bits per heavy atom. The minimum Gasteiger partial charge on any atom is -0.353 e. The number of halogens is 1. The molecule has 5 heteroatoms. The van der Waals surface area contributed by atoms with Crippen LogP contribution in [-0.2, 0) is 18.9 Å². The van der Waals surface area contributed by atoms with Crippen molar-refractivity contribution in [3.05, 3.63) is 0 Å². The molecule has 0 aromatic carbocycles. The molecule has 0 atom stereocenters. The molecule has 0 aromatic rings. The number of alkyl halides is 1. The van der Waals surface area contributed by atoms with E-state index in [0.717, 1.165) is 0 Å². The lowest BCUT2D eigenvalue weighted by Gasteiger charge is -2.30. The van der Waals surface area contributed by atoms with E-state index in [2.05, 4.69) is 0 Å². The third-order valence-electron chi connectivity index (χ3n) is 1.84. The van der Waals surface area contributed by atoms with Gasteiger partial charge in [-0.15, -0.1) is 0 Å². The monoisotopic (exact) mass is 254 g/mol. The van der Waals surface area contributed by atoms with Crippen LogP contribution in [0.1, 0.15) is 34.1 Å². The molecule has 16 heavy (non-hydrogen) atoms. The molecular formula is C11H23ClO4. The minimum absolute atomic E-state index is 0.345. The van der Waals surface area contributed by atoms with Crippen molar-refractivity contribution in [1.29, 1.82) is 0 Å². The molecule has 0 bridgehead atoms. The zero-order valence-corrected chi connectivity index (χ0v) is 11.4. The predicted octanol–water partition coefficient (Wildman–Crippen LogP) is 2.74. The number of ether oxygens (including phenoxy) is 4. The Kier molecular flexibility index (Phi) is 9.26. The molecule has 0 aliphatic rings. The Morgan fingerprint density at radius 1 is 0.875 bits per heavy atom. The quantitative estimate of drug-likeness (QED) is 0.444. The van der Waals surface area contributed by atoms with Crippen molar-refractivity contribution in [3.8, 4) is 0 Å². The summed E-state index contributed by atoms with van der Waals surface area (Å²) in [6.07, 6.45) is -0.0524. The van der Waals surface area contributed by atoms with E-state index in [-0.39, 0.29) is 0 Å². The highest BCUT2D eigenvalue weighted by Crippen LogP contribution is 2.26. The van der Waals surface area contributed by atoms with Crippen LogP contribution in [0.2, 0.25) is 0 Å². The van der Waals surface area contributed by atoms with Gasteiger partial charge in [-0.2, -0.15) is 0 Å². The molecule has 0 aliphatic heterocycles. The molecule has 0 amide bonds. The molecule has 0 rings (SSSR count). The minimum atomic E-state index is -1.15. The Labute approximate surface area is 103 Å². The van der Waals surface area contributed by atoms with Crippen LogP contribution in [0.5, 0.6) is 0 Å². The molecule has 0 saturated heterocycles. The summed E-state index contributed by atoms with van der Waals surface area (Å²) >= 11 is 6.20. The third-order valence-corrected chi connectivity index (χ3v) is 2.21. The summed E-state index contributed by atoms with van der Waals surface area (Å²) in [5.41, 5.74) is 0. The van der Waals surface area contributed by atoms with Crippen LogP contribution in [-0.4, -0.2) is 38.0 Å². The molecule has 0 radical (unpaired) electrons. The SMILES string of the molecule is CCOC(CC(Cl)(OCC)OCC)OCC. The Morgan fingerprint density at radius 3 is 1.62 bits per heavy atom. The van der Waals surface area contributed by atoms with Crippen molar-refractivity contribution < 1.29 is 18.9 Å². The second-order valence-electron chi connectivity index (χ2n) is 3.07. The summed E-state index contributed by atoms with van der Waals surface area (Å²) < 4.78 is 21.6. The van der Waals surface area contributed by atoms with E-state index in [9.17, 15) is 0 Å². The van der Waals surface area contributed by atoms with Crippen molar-refractivity contribution >= 4 is 11.6 Å². The van der Waals surface area contributed by atoms with Crippen LogP contribution in [0.4, 0.5) is 0 Å². The predicted molar refractivity (Wildman–Crippen MR) is 63.5 cm³/mol. The average molecular weight is 255 g/mol. The van der Waals surface area contributed by atoms with Gasteiger partial charge in [0, 0.05) is 26.4 Å². The van der Waals surface area contributed by atoms with Gasteiger partial charge in [-0.1, -0.05) is 11.6 Å². The molecule has 0 heterocycles. The standard InChI is InChI=1S/C11H23ClO4/c1-5-13-10(14-6-2)9-11(12,15-7-3)16-8-4/h10H,5-9H2,1-4H3. The highest BCUT2D eigenvalue weighted by Gasteiger charge is 2.33. The lowest BCUT2D eigenvalue weighted by atomic mass is 10.4. The first kappa shape index (κ1) is 16.1. The van der Waals surface area contributed by atoms with Gasteiger partial charge in [-0.3, -0.25) is 0 Å². The number of hydrogen-bond acceptors (Lipinski definition) is 4. The Balaban J connectivity index is 4.30. The zero-order valence-electron chi connectivity index (χ0n) is 10.6. The molecule has 0 N–H and O–H groups in total. The van der Waals surface area contributed by atoms with E-state index in [1.807, 2.05) is 27.7 Å². The van der Waals surface area contributed by atoms with Crippen LogP contribution >= 0.6 is 11.6 Å². The maximum atomic E-state index is 6.20. The molecule has 98 valence electrons. The highest BCUT2D eigenvalue weighted by molar-refractivity contribution is 6.21. The third kappa shape index (κ3) is 6.66. The van der Waals surface area contributed by atoms with Crippen molar-refractivity contribution in [3.63, 3.8) is 0 Å². The van der Waals surface area contributed by atoms with Crippen molar-refractivity contribution in [2.45, 2.75) is 45.7 Å². The van der Waals surface area contributed by atoms with E-state index in [4.69, 9.17) is 30.5 Å². The fraction of sp³-hybridized carbons (Fsp3) is 1.00. The smallest absolute Gasteiger partial charge is 0.253 e. The van der Waals surface area contributed by atoms with Crippen LogP contribution in [0.15, 0.2) is 0 Å². The maximum Gasteiger partial charge on any atom is 0.253 e. The van der Waals surface area contributed by atoms with Gasteiger partial charge < -0.3 is 18.9 Å². The van der Waals surface area contributed by atoms with Crippen LogP contribution in [0.3, 0.4) is 0 Å². The molecule has 0 spiro atoms. The van der Waals surface area contributed by atoms with Crippen LogP contribution < -0.4 is 0 Å². The molecule has 4 nitrogen and oxygen atoms in total. The first-order valence-electron chi connectivity index (χ1n) is 5.81. The van der Waals surface area contributed by atoms with Gasteiger partial charge in [-0.05, 0) is 27.7 Å². The van der Waals surface area contributed by atoms with E-state index in [0.29, 0.717) is 32.8 Å². The average Bonchev–Trinajstić information content (AvgIpc) is 2.18. The first-order chi connectivity index (χ1) is 7.61. The van der Waals surface area contributed by atoms with E-state index in [1.54, 1.807) is 0 Å². The van der Waals surface area contributed by atoms with Crippen LogP contribution in [0, 0.1) is 0 Å². The zero-order chi connectivity index (χ0) is 12.4. The summed E-state index contributed by atoms with van der Waals surface area (Å²) in [4.78, 5) is 0. The van der Waals surface area contributed by atoms with Gasteiger partial charge in [0.25, 0.3) is 5.25 Å². The maximum absolute atomic E-state index is 6.20. The largest absolute Gasteiger partial charge is 0.353 e. The van der Waals surface area contributed by atoms with Crippen molar-refractivity contribution in [2.75, 3.05) is 26.4 Å². The van der Waals surface area contributed by atoms with E-state index in [1.165, 1.54) is 0 Å². The molecule has 0 saturated carbocycles. The van der Waals surface area contributed by atoms with Crippen molar-refractivity contribution in [1.82, 2.24) is 0 Å². The summed E-state index contributed by atoms with van der Waals surface area (Å²) in [6, 6.07) is 0. The van der Waals surface area contributed by atoms with Gasteiger partial charge >= 0.3 is 0 Å². The first-order valence-corrected chi connectivity index (χ1v) is 6.19. The summed E-state index contributed by atoms with van der Waals surface area (Å²) in [5, 5.41) is -1.15. The normalized spacial score (nSPS) is 12.4. The Hall–Kier alpha value is 0.130. The topological polar surface area (TPSA) is 36.9 Å². The fourth-order valence-electron chi connectivity index (χ4n) is 1.33. The van der Waals surface area contributed by atoms with E-state index < -0.39 is 11.5 Å². The second-order valence-corrected chi connectivity index (χ2v) is 3.65. The molecule has 0 aliphatic carbocycles. The fourth-order valence-corrected chi connectivity index (χ4v) is 1.67. The Bertz CT molecular complexity index is 154. The highest BCUT2D eigenvalue weighted by atomic mass is 35.5. The van der Waals surface area contributed by atoms with E-state index >= 15 is 0 Å². The van der Waals surface area contributed by atoms with Gasteiger partial charge in [0.2, 0.25) is 0 Å². The van der Waals surface area contributed by atoms with Gasteiger partial charge in [0.1, 0.15) is 0 Å². The molecule has 0 fully saturated rings. The molecule has 0 unspecified atom stereocenters. The molecular weight excluding hydrogens is 232 g/mol. The summed E-state index contributed by atoms with van der Waals surface area (Å²) in [5.74, 6) is 0. The van der Waals surface area contributed by atoms with Gasteiger partial charge in [-0.25, -0.2) is 0 Å². The number of hydrogen-bond donors (Lipinski definition) is 0. The number of rotatable bonds is 10. The second kappa shape index (κ2) is 9.19. The van der Waals surface area contributed by atoms with Crippen molar-refractivity contribution in [2.24, 2.45) is 0 Å². The van der Waals surface area contributed by atoms with Gasteiger partial charge in [0.05, 0.1) is 6.42 Å². The van der Waals surface area contributed by atoms with Crippen LogP contribution in [0.25, 0.3) is 0 Å². The summed E-state index contributed by atoms with van der Waals surface area (Å²) in [7, 11) is 0. The lowest BCUT2D eigenvalue weighted by Crippen LogP contribution is -2.36.